The van der Waals surface area contributed by atoms with Crippen LogP contribution in [0.2, 0.25) is 0 Å². The zero-order chi connectivity index (χ0) is 14.4. The lowest BCUT2D eigenvalue weighted by atomic mass is 10.1. The highest BCUT2D eigenvalue weighted by atomic mass is 79.9. The van der Waals surface area contributed by atoms with Crippen molar-refractivity contribution in [3.63, 3.8) is 0 Å². The molecule has 1 aromatic carbocycles. The number of benzene rings is 1. The SMILES string of the molecule is CC(=O)Nc1ccc(CNC(=O)C(Br)C(C)C)cc1. The van der Waals surface area contributed by atoms with Gasteiger partial charge in [-0.05, 0) is 23.6 Å². The van der Waals surface area contributed by atoms with E-state index in [1.807, 2.05) is 38.1 Å². The van der Waals surface area contributed by atoms with Crippen molar-refractivity contribution in [3.8, 4) is 0 Å². The van der Waals surface area contributed by atoms with E-state index in [0.29, 0.717) is 6.54 Å². The molecule has 1 aromatic rings. The number of rotatable bonds is 5. The number of nitrogens with one attached hydrogen (secondary N) is 2. The van der Waals surface area contributed by atoms with Crippen LogP contribution < -0.4 is 10.6 Å². The lowest BCUT2D eigenvalue weighted by Crippen LogP contribution is -2.33. The van der Waals surface area contributed by atoms with E-state index in [-0.39, 0.29) is 22.6 Å². The van der Waals surface area contributed by atoms with Crippen LogP contribution in [0.4, 0.5) is 5.69 Å². The molecule has 1 unspecified atom stereocenters. The summed E-state index contributed by atoms with van der Waals surface area (Å²) in [5.41, 5.74) is 1.74. The van der Waals surface area contributed by atoms with Gasteiger partial charge in [0.15, 0.2) is 0 Å². The number of alkyl halides is 1. The van der Waals surface area contributed by atoms with Crippen molar-refractivity contribution < 1.29 is 9.59 Å². The minimum absolute atomic E-state index is 0.0130. The van der Waals surface area contributed by atoms with Crippen LogP contribution in [0.3, 0.4) is 0 Å². The first kappa shape index (κ1) is 15.7. The molecule has 0 radical (unpaired) electrons. The second-order valence-electron chi connectivity index (χ2n) is 4.74. The molecule has 0 aliphatic rings. The molecule has 0 bridgehead atoms. The fourth-order valence-electron chi connectivity index (χ4n) is 1.50. The summed E-state index contributed by atoms with van der Waals surface area (Å²) in [5, 5.41) is 5.56. The number of hydrogen-bond donors (Lipinski definition) is 2. The summed E-state index contributed by atoms with van der Waals surface area (Å²) in [6.07, 6.45) is 0. The molecule has 2 N–H and O–H groups in total. The Kier molecular flexibility index (Phi) is 6.02. The smallest absolute Gasteiger partial charge is 0.234 e. The quantitative estimate of drug-likeness (QED) is 0.817. The average molecular weight is 327 g/mol. The Hall–Kier alpha value is -1.36. The summed E-state index contributed by atoms with van der Waals surface area (Å²) in [6.45, 7) is 5.92. The third kappa shape index (κ3) is 5.42. The van der Waals surface area contributed by atoms with Gasteiger partial charge in [-0.25, -0.2) is 0 Å². The molecule has 0 spiro atoms. The van der Waals surface area contributed by atoms with E-state index in [2.05, 4.69) is 26.6 Å². The van der Waals surface area contributed by atoms with Gasteiger partial charge in [-0.3, -0.25) is 9.59 Å². The molecule has 0 heterocycles. The number of amides is 2. The number of halogens is 1. The van der Waals surface area contributed by atoms with Gasteiger partial charge in [-0.1, -0.05) is 41.9 Å². The number of carbonyl (C=O) groups is 2. The van der Waals surface area contributed by atoms with Crippen molar-refractivity contribution in [1.82, 2.24) is 5.32 Å². The molecule has 4 nitrogen and oxygen atoms in total. The van der Waals surface area contributed by atoms with Crippen LogP contribution in [0.1, 0.15) is 26.3 Å². The van der Waals surface area contributed by atoms with Gasteiger partial charge in [0.1, 0.15) is 0 Å². The van der Waals surface area contributed by atoms with Crippen molar-refractivity contribution in [2.75, 3.05) is 5.32 Å². The monoisotopic (exact) mass is 326 g/mol. The maximum absolute atomic E-state index is 11.8. The van der Waals surface area contributed by atoms with Crippen LogP contribution in [-0.4, -0.2) is 16.6 Å². The summed E-state index contributed by atoms with van der Waals surface area (Å²) in [7, 11) is 0. The number of carbonyl (C=O) groups excluding carboxylic acids is 2. The summed E-state index contributed by atoms with van der Waals surface area (Å²) < 4.78 is 0. The zero-order valence-electron chi connectivity index (χ0n) is 11.4. The first-order valence-electron chi connectivity index (χ1n) is 6.18. The van der Waals surface area contributed by atoms with Crippen molar-refractivity contribution >= 4 is 33.4 Å². The van der Waals surface area contributed by atoms with E-state index < -0.39 is 0 Å². The molecule has 0 aliphatic heterocycles. The molecule has 0 aromatic heterocycles. The second-order valence-corrected chi connectivity index (χ2v) is 5.73. The fourth-order valence-corrected chi connectivity index (χ4v) is 1.66. The Morgan fingerprint density at radius 1 is 1.21 bits per heavy atom. The normalized spacial score (nSPS) is 12.1. The molecular weight excluding hydrogens is 308 g/mol. The van der Waals surface area contributed by atoms with Crippen LogP contribution in [0.5, 0.6) is 0 Å². The minimum Gasteiger partial charge on any atom is -0.351 e. The molecule has 1 atom stereocenters. The van der Waals surface area contributed by atoms with Gasteiger partial charge in [-0.15, -0.1) is 0 Å². The number of hydrogen-bond acceptors (Lipinski definition) is 2. The van der Waals surface area contributed by atoms with Crippen LogP contribution >= 0.6 is 15.9 Å². The minimum atomic E-state index is -0.175. The Labute approximate surface area is 122 Å². The molecule has 0 saturated carbocycles. The predicted molar refractivity (Wildman–Crippen MR) is 80.1 cm³/mol. The molecule has 2 amide bonds. The van der Waals surface area contributed by atoms with E-state index in [4.69, 9.17) is 0 Å². The van der Waals surface area contributed by atoms with Crippen molar-refractivity contribution in [3.05, 3.63) is 29.8 Å². The lowest BCUT2D eigenvalue weighted by molar-refractivity contribution is -0.121. The highest BCUT2D eigenvalue weighted by Gasteiger charge is 2.17. The maximum atomic E-state index is 11.8. The molecule has 0 saturated heterocycles. The predicted octanol–water partition coefficient (Wildman–Crippen LogP) is 2.68. The second kappa shape index (κ2) is 7.28. The summed E-state index contributed by atoms with van der Waals surface area (Å²) in [4.78, 5) is 22.5. The van der Waals surface area contributed by atoms with Crippen LogP contribution in [0.25, 0.3) is 0 Å². The van der Waals surface area contributed by atoms with Gasteiger partial charge in [0.2, 0.25) is 11.8 Å². The lowest BCUT2D eigenvalue weighted by Gasteiger charge is -2.14. The zero-order valence-corrected chi connectivity index (χ0v) is 13.0. The van der Waals surface area contributed by atoms with E-state index >= 15 is 0 Å². The standard InChI is InChI=1S/C14H19BrN2O2/c1-9(2)13(15)14(19)16-8-11-4-6-12(7-5-11)17-10(3)18/h4-7,9,13H,8H2,1-3H3,(H,16,19)(H,17,18). The molecule has 5 heteroatoms. The van der Waals surface area contributed by atoms with Crippen molar-refractivity contribution in [2.24, 2.45) is 5.92 Å². The van der Waals surface area contributed by atoms with E-state index in [1.165, 1.54) is 6.92 Å². The van der Waals surface area contributed by atoms with Gasteiger partial charge in [0.05, 0.1) is 4.83 Å². The molecular formula is C14H19BrN2O2. The maximum Gasteiger partial charge on any atom is 0.234 e. The highest BCUT2D eigenvalue weighted by Crippen LogP contribution is 2.13. The molecule has 104 valence electrons. The van der Waals surface area contributed by atoms with Crippen LogP contribution in [0.15, 0.2) is 24.3 Å². The van der Waals surface area contributed by atoms with Crippen LogP contribution in [0, 0.1) is 5.92 Å². The third-order valence-electron chi connectivity index (χ3n) is 2.58. The summed E-state index contributed by atoms with van der Waals surface area (Å²) in [6, 6.07) is 7.39. The summed E-state index contributed by atoms with van der Waals surface area (Å²) >= 11 is 3.36. The molecule has 0 aliphatic carbocycles. The Bertz CT molecular complexity index is 443. The van der Waals surface area contributed by atoms with Gasteiger partial charge < -0.3 is 10.6 Å². The highest BCUT2D eigenvalue weighted by molar-refractivity contribution is 9.10. The van der Waals surface area contributed by atoms with Gasteiger partial charge in [0, 0.05) is 19.2 Å². The first-order valence-corrected chi connectivity index (χ1v) is 7.10. The van der Waals surface area contributed by atoms with E-state index in [0.717, 1.165) is 11.3 Å². The van der Waals surface area contributed by atoms with E-state index in [1.54, 1.807) is 0 Å². The van der Waals surface area contributed by atoms with Gasteiger partial charge >= 0.3 is 0 Å². The number of anilines is 1. The van der Waals surface area contributed by atoms with Gasteiger partial charge in [-0.2, -0.15) is 0 Å². The largest absolute Gasteiger partial charge is 0.351 e. The van der Waals surface area contributed by atoms with Crippen molar-refractivity contribution in [2.45, 2.75) is 32.1 Å². The Morgan fingerprint density at radius 3 is 2.26 bits per heavy atom. The van der Waals surface area contributed by atoms with Crippen molar-refractivity contribution in [1.29, 1.82) is 0 Å². The molecule has 1 rings (SSSR count). The summed E-state index contributed by atoms with van der Waals surface area (Å²) in [5.74, 6) is 0.142. The Morgan fingerprint density at radius 2 is 1.79 bits per heavy atom. The Balaban J connectivity index is 2.50. The molecule has 19 heavy (non-hydrogen) atoms. The van der Waals surface area contributed by atoms with E-state index in [9.17, 15) is 9.59 Å². The topological polar surface area (TPSA) is 58.2 Å². The fraction of sp³-hybridized carbons (Fsp3) is 0.429. The van der Waals surface area contributed by atoms with Crippen LogP contribution in [-0.2, 0) is 16.1 Å². The third-order valence-corrected chi connectivity index (χ3v) is 4.05. The van der Waals surface area contributed by atoms with Gasteiger partial charge in [0.25, 0.3) is 0 Å². The first-order chi connectivity index (χ1) is 8.90. The average Bonchev–Trinajstić information content (AvgIpc) is 2.35. The molecule has 0 fully saturated rings.